The fraction of sp³-hybridized carbons (Fsp3) is 0.429. The highest BCUT2D eigenvalue weighted by Gasteiger charge is 2.12. The molecule has 2 aromatic rings. The number of nitrogens with zero attached hydrogens (tertiary/aromatic N) is 2. The highest BCUT2D eigenvalue weighted by Crippen LogP contribution is 2.16. The summed E-state index contributed by atoms with van der Waals surface area (Å²) in [6, 6.07) is 7.91. The first-order valence-corrected chi connectivity index (χ1v) is 6.50. The molecule has 0 atom stereocenters. The molecule has 19 heavy (non-hydrogen) atoms. The largest absolute Gasteiger partial charge is 0.372 e. The minimum Gasteiger partial charge on any atom is -0.372 e. The third kappa shape index (κ3) is 3.19. The fourth-order valence-electron chi connectivity index (χ4n) is 2.11. The van der Waals surface area contributed by atoms with Gasteiger partial charge in [-0.15, -0.1) is 0 Å². The van der Waals surface area contributed by atoms with Crippen LogP contribution in [0.5, 0.6) is 0 Å². The normalized spacial score (nSPS) is 11.1. The number of aryl methyl sites for hydroxylation is 1. The zero-order valence-corrected chi connectivity index (χ0v) is 11.1. The van der Waals surface area contributed by atoms with Crippen LogP contribution in [0.25, 0.3) is 11.0 Å². The van der Waals surface area contributed by atoms with Crippen molar-refractivity contribution < 1.29 is 9.53 Å². The standard InChI is InChI=1S/C14H19N3O2/c1-2-17-13-6-4-3-5-12(13)16-14(17)9-11(18)10-19-8-7-15/h3-6H,2,7-10,15H2,1H3. The van der Waals surface area contributed by atoms with Crippen LogP contribution in [0.15, 0.2) is 24.3 Å². The highest BCUT2D eigenvalue weighted by molar-refractivity contribution is 5.83. The van der Waals surface area contributed by atoms with E-state index >= 15 is 0 Å². The number of aromatic nitrogens is 2. The van der Waals surface area contributed by atoms with Crippen molar-refractivity contribution in [2.75, 3.05) is 19.8 Å². The molecule has 5 nitrogen and oxygen atoms in total. The maximum atomic E-state index is 11.8. The van der Waals surface area contributed by atoms with Gasteiger partial charge in [0.25, 0.3) is 0 Å². The van der Waals surface area contributed by atoms with E-state index in [1.165, 1.54) is 0 Å². The van der Waals surface area contributed by atoms with Crippen LogP contribution < -0.4 is 5.73 Å². The third-order valence-electron chi connectivity index (χ3n) is 2.93. The van der Waals surface area contributed by atoms with Gasteiger partial charge < -0.3 is 15.0 Å². The van der Waals surface area contributed by atoms with E-state index in [1.807, 2.05) is 31.2 Å². The number of fused-ring (bicyclic) bond motifs is 1. The van der Waals surface area contributed by atoms with Gasteiger partial charge in [0.1, 0.15) is 12.4 Å². The number of hydrogen-bond donors (Lipinski definition) is 1. The number of para-hydroxylation sites is 2. The van der Waals surface area contributed by atoms with Gasteiger partial charge in [0, 0.05) is 13.1 Å². The topological polar surface area (TPSA) is 70.1 Å². The van der Waals surface area contributed by atoms with Gasteiger partial charge in [0.15, 0.2) is 5.78 Å². The minimum absolute atomic E-state index is 0.0263. The number of carbonyl (C=O) groups is 1. The van der Waals surface area contributed by atoms with Crippen LogP contribution in [0.3, 0.4) is 0 Å². The molecular formula is C14H19N3O2. The van der Waals surface area contributed by atoms with E-state index in [0.717, 1.165) is 23.4 Å². The second-order valence-electron chi connectivity index (χ2n) is 4.32. The molecule has 102 valence electrons. The molecule has 0 unspecified atom stereocenters. The molecule has 2 N–H and O–H groups in total. The Hall–Kier alpha value is -1.72. The maximum Gasteiger partial charge on any atom is 0.165 e. The first kappa shape index (κ1) is 13.7. The van der Waals surface area contributed by atoms with Gasteiger partial charge in [0.2, 0.25) is 0 Å². The lowest BCUT2D eigenvalue weighted by atomic mass is 10.3. The molecule has 0 bridgehead atoms. The molecule has 0 aliphatic rings. The fourth-order valence-corrected chi connectivity index (χ4v) is 2.11. The average molecular weight is 261 g/mol. The maximum absolute atomic E-state index is 11.8. The number of ketones is 1. The number of nitrogens with two attached hydrogens (primary N) is 1. The van der Waals surface area contributed by atoms with Crippen molar-refractivity contribution in [1.82, 2.24) is 9.55 Å². The number of rotatable bonds is 7. The Bertz CT molecular complexity index is 563. The Balaban J connectivity index is 2.13. The van der Waals surface area contributed by atoms with Gasteiger partial charge >= 0.3 is 0 Å². The SMILES string of the molecule is CCn1c(CC(=O)COCCN)nc2ccccc21. The van der Waals surface area contributed by atoms with E-state index in [2.05, 4.69) is 9.55 Å². The van der Waals surface area contributed by atoms with E-state index in [4.69, 9.17) is 10.5 Å². The number of Topliss-reactive ketones (excluding diaryl/α,β-unsaturated/α-hetero) is 1. The van der Waals surface area contributed by atoms with Crippen molar-refractivity contribution in [3.05, 3.63) is 30.1 Å². The number of imidazole rings is 1. The molecule has 5 heteroatoms. The first-order valence-electron chi connectivity index (χ1n) is 6.50. The summed E-state index contributed by atoms with van der Waals surface area (Å²) < 4.78 is 7.22. The predicted molar refractivity (Wildman–Crippen MR) is 74.0 cm³/mol. The summed E-state index contributed by atoms with van der Waals surface area (Å²) in [4.78, 5) is 16.3. The van der Waals surface area contributed by atoms with Crippen LogP contribution in [-0.2, 0) is 22.5 Å². The summed E-state index contributed by atoms with van der Waals surface area (Å²) in [6.07, 6.45) is 0.299. The molecule has 0 radical (unpaired) electrons. The molecule has 2 rings (SSSR count). The van der Waals surface area contributed by atoms with Gasteiger partial charge in [-0.3, -0.25) is 4.79 Å². The summed E-state index contributed by atoms with van der Waals surface area (Å²) >= 11 is 0. The van der Waals surface area contributed by atoms with Gasteiger partial charge in [-0.25, -0.2) is 4.98 Å². The van der Waals surface area contributed by atoms with Crippen LogP contribution in [-0.4, -0.2) is 35.1 Å². The molecule has 0 fully saturated rings. The van der Waals surface area contributed by atoms with Crippen LogP contribution in [0, 0.1) is 0 Å². The van der Waals surface area contributed by atoms with Crippen LogP contribution in [0.1, 0.15) is 12.7 Å². The summed E-state index contributed by atoms with van der Waals surface area (Å²) in [5.74, 6) is 0.823. The molecule has 1 heterocycles. The van der Waals surface area contributed by atoms with Crippen molar-refractivity contribution in [3.8, 4) is 0 Å². The first-order chi connectivity index (χ1) is 9.26. The molecule has 0 aliphatic heterocycles. The quantitative estimate of drug-likeness (QED) is 0.759. The van der Waals surface area contributed by atoms with Gasteiger partial charge in [0.05, 0.1) is 24.1 Å². The number of hydrogen-bond acceptors (Lipinski definition) is 4. The van der Waals surface area contributed by atoms with Crippen molar-refractivity contribution in [1.29, 1.82) is 0 Å². The number of ether oxygens (including phenoxy) is 1. The number of benzene rings is 1. The monoisotopic (exact) mass is 261 g/mol. The summed E-state index contributed by atoms with van der Waals surface area (Å²) in [5, 5.41) is 0. The van der Waals surface area contributed by atoms with Gasteiger partial charge in [-0.2, -0.15) is 0 Å². The van der Waals surface area contributed by atoms with Crippen LogP contribution >= 0.6 is 0 Å². The molecule has 0 saturated heterocycles. The minimum atomic E-state index is 0.0263. The Kier molecular flexibility index (Phi) is 4.65. The molecule has 0 amide bonds. The Labute approximate surface area is 112 Å². The highest BCUT2D eigenvalue weighted by atomic mass is 16.5. The molecule has 1 aromatic carbocycles. The van der Waals surface area contributed by atoms with E-state index in [1.54, 1.807) is 0 Å². The zero-order valence-electron chi connectivity index (χ0n) is 11.1. The van der Waals surface area contributed by atoms with E-state index in [9.17, 15) is 4.79 Å². The molecule has 0 saturated carbocycles. The van der Waals surface area contributed by atoms with Crippen LogP contribution in [0.2, 0.25) is 0 Å². The van der Waals surface area contributed by atoms with Gasteiger partial charge in [-0.05, 0) is 19.1 Å². The summed E-state index contributed by atoms with van der Waals surface area (Å²) in [7, 11) is 0. The van der Waals surface area contributed by atoms with E-state index in [0.29, 0.717) is 19.6 Å². The zero-order chi connectivity index (χ0) is 13.7. The second kappa shape index (κ2) is 6.45. The Morgan fingerprint density at radius 3 is 2.95 bits per heavy atom. The van der Waals surface area contributed by atoms with Crippen molar-refractivity contribution in [2.24, 2.45) is 5.73 Å². The third-order valence-corrected chi connectivity index (χ3v) is 2.93. The van der Waals surface area contributed by atoms with E-state index in [-0.39, 0.29) is 12.4 Å². The summed E-state index contributed by atoms with van der Waals surface area (Å²) in [5.41, 5.74) is 7.30. The van der Waals surface area contributed by atoms with Crippen molar-refractivity contribution in [2.45, 2.75) is 19.9 Å². The molecule has 0 aliphatic carbocycles. The van der Waals surface area contributed by atoms with Crippen molar-refractivity contribution >= 4 is 16.8 Å². The average Bonchev–Trinajstić information content (AvgIpc) is 2.76. The molecule has 1 aromatic heterocycles. The second-order valence-corrected chi connectivity index (χ2v) is 4.32. The number of carbonyl (C=O) groups excluding carboxylic acids is 1. The molecule has 0 spiro atoms. The molecular weight excluding hydrogens is 242 g/mol. The predicted octanol–water partition coefficient (Wildman–Crippen LogP) is 1.14. The Morgan fingerprint density at radius 1 is 1.42 bits per heavy atom. The van der Waals surface area contributed by atoms with Gasteiger partial charge in [-0.1, -0.05) is 12.1 Å². The van der Waals surface area contributed by atoms with E-state index < -0.39 is 0 Å². The smallest absolute Gasteiger partial charge is 0.165 e. The Morgan fingerprint density at radius 2 is 2.21 bits per heavy atom. The lowest BCUT2D eigenvalue weighted by molar-refractivity contribution is -0.122. The van der Waals surface area contributed by atoms with Crippen molar-refractivity contribution in [3.63, 3.8) is 0 Å². The van der Waals surface area contributed by atoms with Crippen LogP contribution in [0.4, 0.5) is 0 Å². The summed E-state index contributed by atoms with van der Waals surface area (Å²) in [6.45, 7) is 3.79. The lowest BCUT2D eigenvalue weighted by Crippen LogP contribution is -2.17. The lowest BCUT2D eigenvalue weighted by Gasteiger charge is -2.05.